The quantitative estimate of drug-likeness (QED) is 0.741. The fourth-order valence-electron chi connectivity index (χ4n) is 3.43. The third kappa shape index (κ3) is 4.76. The Morgan fingerprint density at radius 1 is 1.24 bits per heavy atom. The summed E-state index contributed by atoms with van der Waals surface area (Å²) in [5.74, 6) is 0.983. The molecule has 1 aromatic rings. The summed E-state index contributed by atoms with van der Waals surface area (Å²) in [7, 11) is 0. The average Bonchev–Trinajstić information content (AvgIpc) is 2.94. The molecule has 2 aliphatic rings. The topological polar surface area (TPSA) is 45.1 Å². The molecule has 0 spiro atoms. The van der Waals surface area contributed by atoms with E-state index in [1.807, 2.05) is 19.9 Å². The van der Waals surface area contributed by atoms with Crippen LogP contribution in [0.4, 0.5) is 10.5 Å². The third-order valence-corrected chi connectivity index (χ3v) is 5.95. The second-order valence-electron chi connectivity index (χ2n) is 6.50. The van der Waals surface area contributed by atoms with Crippen LogP contribution in [0.5, 0.6) is 5.75 Å². The number of ether oxygens (including phenoxy) is 1. The van der Waals surface area contributed by atoms with Gasteiger partial charge in [0.25, 0.3) is 0 Å². The van der Waals surface area contributed by atoms with Gasteiger partial charge in [-0.25, -0.2) is 4.99 Å². The lowest BCUT2D eigenvalue weighted by molar-refractivity contribution is 0.252. The summed E-state index contributed by atoms with van der Waals surface area (Å²) in [5.41, 5.74) is 2.20. The van der Waals surface area contributed by atoms with Crippen LogP contribution < -0.4 is 9.64 Å². The van der Waals surface area contributed by atoms with Gasteiger partial charge in [0, 0.05) is 31.9 Å². The first-order valence-corrected chi connectivity index (χ1v) is 10.00. The largest absolute Gasteiger partial charge is 0.492 e. The van der Waals surface area contributed by atoms with E-state index in [0.717, 1.165) is 57.0 Å². The predicted octanol–water partition coefficient (Wildman–Crippen LogP) is 3.68. The highest BCUT2D eigenvalue weighted by Gasteiger charge is 2.25. The van der Waals surface area contributed by atoms with Crippen LogP contribution in [0.15, 0.2) is 29.3 Å². The Morgan fingerprint density at radius 2 is 2.00 bits per heavy atom. The molecule has 1 amide bonds. The molecule has 136 valence electrons. The Kier molecular flexibility index (Phi) is 6.37. The molecule has 25 heavy (non-hydrogen) atoms. The molecular weight excluding hydrogens is 334 g/mol. The zero-order valence-electron chi connectivity index (χ0n) is 15.1. The molecule has 3 rings (SSSR count). The molecule has 2 aliphatic heterocycles. The van der Waals surface area contributed by atoms with Crippen LogP contribution in [0.1, 0.15) is 26.7 Å². The lowest BCUT2D eigenvalue weighted by Gasteiger charge is -2.36. The van der Waals surface area contributed by atoms with Crippen molar-refractivity contribution in [3.05, 3.63) is 24.3 Å². The molecule has 1 unspecified atom stereocenters. The number of rotatable bonds is 7. The second-order valence-corrected chi connectivity index (χ2v) is 7.65. The van der Waals surface area contributed by atoms with Crippen molar-refractivity contribution in [1.82, 2.24) is 4.90 Å². The third-order valence-electron chi connectivity index (χ3n) is 4.80. The first-order valence-electron chi connectivity index (χ1n) is 9.12. The summed E-state index contributed by atoms with van der Waals surface area (Å²) in [6, 6.07) is 8.31. The Bertz CT molecular complexity index is 627. The van der Waals surface area contributed by atoms with E-state index in [4.69, 9.17) is 4.74 Å². The van der Waals surface area contributed by atoms with E-state index in [9.17, 15) is 4.79 Å². The number of para-hydroxylation sites is 2. The number of thioether (sulfide) groups is 1. The van der Waals surface area contributed by atoms with Crippen LogP contribution in [-0.2, 0) is 0 Å². The van der Waals surface area contributed by atoms with Crippen molar-refractivity contribution in [2.75, 3.05) is 44.2 Å². The van der Waals surface area contributed by atoms with E-state index in [0.29, 0.717) is 11.9 Å². The first-order chi connectivity index (χ1) is 12.2. The normalized spacial score (nSPS) is 21.5. The number of anilines is 1. The van der Waals surface area contributed by atoms with Gasteiger partial charge in [0.1, 0.15) is 5.75 Å². The summed E-state index contributed by atoms with van der Waals surface area (Å²) in [6.07, 6.45) is 2.16. The lowest BCUT2D eigenvalue weighted by Crippen LogP contribution is -2.46. The van der Waals surface area contributed by atoms with Gasteiger partial charge in [-0.15, -0.1) is 0 Å². The molecule has 0 bridgehead atoms. The van der Waals surface area contributed by atoms with Crippen molar-refractivity contribution in [3.63, 3.8) is 0 Å². The number of carbonyl (C=O) groups is 1. The highest BCUT2D eigenvalue weighted by molar-refractivity contribution is 8.15. The second kappa shape index (κ2) is 8.72. The van der Waals surface area contributed by atoms with Crippen molar-refractivity contribution in [1.29, 1.82) is 0 Å². The van der Waals surface area contributed by atoms with Crippen LogP contribution in [-0.4, -0.2) is 60.4 Å². The van der Waals surface area contributed by atoms with Gasteiger partial charge in [0.05, 0.1) is 17.5 Å². The maximum Gasteiger partial charge on any atom is 0.305 e. The van der Waals surface area contributed by atoms with Crippen LogP contribution in [0.25, 0.3) is 0 Å². The fraction of sp³-hybridized carbons (Fsp3) is 0.579. The number of hydrogen-bond donors (Lipinski definition) is 0. The van der Waals surface area contributed by atoms with Crippen molar-refractivity contribution in [2.24, 2.45) is 4.99 Å². The maximum absolute atomic E-state index is 11.3. The van der Waals surface area contributed by atoms with Gasteiger partial charge in [0.15, 0.2) is 0 Å². The van der Waals surface area contributed by atoms with E-state index < -0.39 is 0 Å². The molecule has 0 N–H and O–H groups in total. The first kappa shape index (κ1) is 18.3. The van der Waals surface area contributed by atoms with Crippen molar-refractivity contribution in [3.8, 4) is 5.75 Å². The highest BCUT2D eigenvalue weighted by atomic mass is 32.2. The van der Waals surface area contributed by atoms with Crippen molar-refractivity contribution >= 4 is 28.4 Å². The maximum atomic E-state index is 11.3. The summed E-state index contributed by atoms with van der Waals surface area (Å²) < 4.78 is 5.76. The molecule has 0 aromatic heterocycles. The molecule has 2 heterocycles. The van der Waals surface area contributed by atoms with Gasteiger partial charge in [-0.05, 0) is 45.4 Å². The molecule has 0 aliphatic carbocycles. The molecule has 5 nitrogen and oxygen atoms in total. The molecule has 6 heteroatoms. The standard InChI is InChI=1S/C19H27N3O2S/c1-3-24-17-8-5-4-7-16(17)22-13-11-21(12-14-22)10-6-9-18-15(2)20-19(23)25-18/h4-5,7-8,18H,3,6,9-14H2,1-2H3. The van der Waals surface area contributed by atoms with Gasteiger partial charge in [-0.1, -0.05) is 23.9 Å². The molecule has 1 saturated heterocycles. The van der Waals surface area contributed by atoms with E-state index in [1.165, 1.54) is 17.4 Å². The van der Waals surface area contributed by atoms with Crippen LogP contribution in [0.2, 0.25) is 0 Å². The number of amides is 1. The summed E-state index contributed by atoms with van der Waals surface area (Å²) in [4.78, 5) is 20.3. The van der Waals surface area contributed by atoms with Crippen molar-refractivity contribution < 1.29 is 9.53 Å². The minimum atomic E-state index is -0.0240. The molecule has 1 atom stereocenters. The Hall–Kier alpha value is -1.53. The number of benzene rings is 1. The Labute approximate surface area is 154 Å². The lowest BCUT2D eigenvalue weighted by atomic mass is 10.1. The molecular formula is C19H27N3O2S. The SMILES string of the molecule is CCOc1ccccc1N1CCN(CCCC2SC(=O)N=C2C)CC1. The van der Waals surface area contributed by atoms with Gasteiger partial charge >= 0.3 is 5.24 Å². The summed E-state index contributed by atoms with van der Waals surface area (Å²) in [6.45, 7) is 9.99. The Morgan fingerprint density at radius 3 is 2.68 bits per heavy atom. The van der Waals surface area contributed by atoms with Crippen LogP contribution in [0.3, 0.4) is 0 Å². The monoisotopic (exact) mass is 361 g/mol. The molecule has 1 aromatic carbocycles. The minimum Gasteiger partial charge on any atom is -0.492 e. The number of hydrogen-bond acceptors (Lipinski definition) is 5. The van der Waals surface area contributed by atoms with Gasteiger partial charge in [0.2, 0.25) is 0 Å². The summed E-state index contributed by atoms with van der Waals surface area (Å²) >= 11 is 1.38. The van der Waals surface area contributed by atoms with E-state index >= 15 is 0 Å². The molecule has 1 fully saturated rings. The minimum absolute atomic E-state index is 0.0240. The highest BCUT2D eigenvalue weighted by Crippen LogP contribution is 2.29. The van der Waals surface area contributed by atoms with Crippen LogP contribution in [0, 0.1) is 0 Å². The number of carbonyl (C=O) groups excluding carboxylic acids is 1. The smallest absolute Gasteiger partial charge is 0.305 e. The zero-order chi connectivity index (χ0) is 17.6. The van der Waals surface area contributed by atoms with Crippen LogP contribution >= 0.6 is 11.8 Å². The number of piperazine rings is 1. The zero-order valence-corrected chi connectivity index (χ0v) is 15.9. The van der Waals surface area contributed by atoms with Gasteiger partial charge < -0.3 is 9.64 Å². The van der Waals surface area contributed by atoms with Crippen molar-refractivity contribution in [2.45, 2.75) is 31.9 Å². The average molecular weight is 362 g/mol. The Balaban J connectivity index is 1.43. The van der Waals surface area contributed by atoms with E-state index in [1.54, 1.807) is 0 Å². The van der Waals surface area contributed by atoms with E-state index in [2.05, 4.69) is 33.0 Å². The predicted molar refractivity (Wildman–Crippen MR) is 105 cm³/mol. The van der Waals surface area contributed by atoms with Gasteiger partial charge in [-0.3, -0.25) is 9.69 Å². The molecule has 0 saturated carbocycles. The fourth-order valence-corrected chi connectivity index (χ4v) is 4.37. The molecule has 0 radical (unpaired) electrons. The summed E-state index contributed by atoms with van der Waals surface area (Å²) in [5, 5.41) is 0.274. The van der Waals surface area contributed by atoms with Gasteiger partial charge in [-0.2, -0.15) is 0 Å². The number of nitrogens with zero attached hydrogens (tertiary/aromatic N) is 3. The van der Waals surface area contributed by atoms with E-state index in [-0.39, 0.29) is 5.24 Å². The number of aliphatic imine (C=N–C) groups is 1.